The van der Waals surface area contributed by atoms with Gasteiger partial charge in [-0.25, -0.2) is 0 Å². The van der Waals surface area contributed by atoms with Gasteiger partial charge in [0.05, 0.1) is 39.6 Å². The van der Waals surface area contributed by atoms with Crippen molar-refractivity contribution in [3.63, 3.8) is 0 Å². The third kappa shape index (κ3) is 14.0. The van der Waals surface area contributed by atoms with Gasteiger partial charge in [0.2, 0.25) is 0 Å². The third-order valence-corrected chi connectivity index (χ3v) is 17.8. The molecule has 0 spiro atoms. The van der Waals surface area contributed by atoms with E-state index < -0.39 is 16.2 Å². The highest BCUT2D eigenvalue weighted by Gasteiger charge is 2.39. The molecule has 0 amide bonds. The molecule has 12 rings (SSSR count). The minimum atomic E-state index is -0.497. The molecule has 0 aromatic heterocycles. The summed E-state index contributed by atoms with van der Waals surface area (Å²) in [6.45, 7) is 30.7. The van der Waals surface area contributed by atoms with E-state index in [1.165, 1.54) is 33.4 Å². The van der Waals surface area contributed by atoms with Gasteiger partial charge >= 0.3 is 0 Å². The van der Waals surface area contributed by atoms with E-state index in [1.54, 1.807) is 0 Å². The molecule has 12 nitrogen and oxygen atoms in total. The van der Waals surface area contributed by atoms with Gasteiger partial charge in [0.15, 0.2) is 0 Å². The lowest BCUT2D eigenvalue weighted by Crippen LogP contribution is -2.29. The molecule has 440 valence electrons. The molecule has 6 atom stereocenters. The van der Waals surface area contributed by atoms with Gasteiger partial charge in [-0.05, 0) is 117 Å². The molecule has 6 aliphatic rings. The van der Waals surface area contributed by atoms with Gasteiger partial charge in [0.1, 0.15) is 111 Å². The van der Waals surface area contributed by atoms with E-state index in [4.69, 9.17) is 56.8 Å². The Morgan fingerprint density at radius 2 is 0.614 bits per heavy atom. The SMILES string of the molecule is CC(C)(Cc1cc(C(C)(C)c2ccc(OCC3CO3)cc2)cc(C(C)(C)Cc2cc(C(C)(C)c3ccc(OCC4CO4)cc3)ccc2OCC2CO2)c1OCC1CO1)c1cc(C(C)(C)c2ccc(OCC3CO3)cc2)ccc1OCC1CO1. The Bertz CT molecular complexity index is 3210. The van der Waals surface area contributed by atoms with Crippen molar-refractivity contribution in [1.82, 2.24) is 0 Å². The van der Waals surface area contributed by atoms with Crippen molar-refractivity contribution in [2.45, 2.75) is 146 Å². The van der Waals surface area contributed by atoms with E-state index in [2.05, 4.69) is 191 Å². The van der Waals surface area contributed by atoms with Crippen LogP contribution < -0.4 is 28.4 Å². The third-order valence-electron chi connectivity index (χ3n) is 17.8. The lowest BCUT2D eigenvalue weighted by molar-refractivity contribution is 0.251. The first-order valence-corrected chi connectivity index (χ1v) is 30.0. The Labute approximate surface area is 491 Å². The Balaban J connectivity index is 0.936. The highest BCUT2D eigenvalue weighted by molar-refractivity contribution is 5.56. The average molecular weight is 1130 g/mol. The van der Waals surface area contributed by atoms with E-state index >= 15 is 0 Å². The molecule has 6 heterocycles. The van der Waals surface area contributed by atoms with Crippen LogP contribution in [0.15, 0.2) is 121 Å². The summed E-state index contributed by atoms with van der Waals surface area (Å²) in [6.07, 6.45) is 2.09. The van der Waals surface area contributed by atoms with Crippen molar-refractivity contribution in [2.24, 2.45) is 0 Å². The molecular weight excluding hydrogens is 1040 g/mol. The van der Waals surface area contributed by atoms with Crippen LogP contribution in [0, 0.1) is 0 Å². The Hall–Kier alpha value is -6.12. The number of rotatable bonds is 30. The summed E-state index contributed by atoms with van der Waals surface area (Å²) in [4.78, 5) is 0. The molecule has 0 radical (unpaired) electrons. The van der Waals surface area contributed by atoms with Crippen molar-refractivity contribution in [2.75, 3.05) is 79.3 Å². The second kappa shape index (κ2) is 23.0. The quantitative estimate of drug-likeness (QED) is 0.0398. The van der Waals surface area contributed by atoms with E-state index in [9.17, 15) is 0 Å². The molecule has 6 saturated heterocycles. The minimum Gasteiger partial charge on any atom is -0.491 e. The number of ether oxygens (including phenoxy) is 12. The maximum atomic E-state index is 7.25. The summed E-state index contributed by atoms with van der Waals surface area (Å²) in [5, 5.41) is 0. The molecule has 6 unspecified atom stereocenters. The van der Waals surface area contributed by atoms with Gasteiger partial charge in [-0.15, -0.1) is 0 Å². The zero-order chi connectivity index (χ0) is 57.7. The normalized spacial score (nSPS) is 21.7. The first kappa shape index (κ1) is 57.3. The fourth-order valence-corrected chi connectivity index (χ4v) is 11.3. The first-order chi connectivity index (χ1) is 39.8. The zero-order valence-corrected chi connectivity index (χ0v) is 50.3. The van der Waals surface area contributed by atoms with Crippen LogP contribution in [0.3, 0.4) is 0 Å². The summed E-state index contributed by atoms with van der Waals surface area (Å²) in [7, 11) is 0. The van der Waals surface area contributed by atoms with Gasteiger partial charge in [0, 0.05) is 27.4 Å². The van der Waals surface area contributed by atoms with Crippen LogP contribution in [-0.2, 0) is 68.3 Å². The molecule has 0 saturated carbocycles. The number of hydrogen-bond acceptors (Lipinski definition) is 12. The highest BCUT2D eigenvalue weighted by Crippen LogP contribution is 2.48. The maximum Gasteiger partial charge on any atom is 0.126 e. The fraction of sp³-hybridized carbons (Fsp3) is 0.493. The van der Waals surface area contributed by atoms with E-state index in [0.29, 0.717) is 72.3 Å². The van der Waals surface area contributed by atoms with Crippen LogP contribution in [0.1, 0.15) is 125 Å². The Morgan fingerprint density at radius 3 is 1.04 bits per heavy atom. The molecule has 12 heteroatoms. The molecular formula is C71H84O12. The van der Waals surface area contributed by atoms with Crippen LogP contribution in [0.2, 0.25) is 0 Å². The topological polar surface area (TPSA) is 131 Å². The minimum absolute atomic E-state index is 0.0305. The highest BCUT2D eigenvalue weighted by atomic mass is 16.6. The number of hydrogen-bond donors (Lipinski definition) is 0. The molecule has 6 fully saturated rings. The summed E-state index contributed by atoms with van der Waals surface area (Å²) < 4.78 is 72.4. The molecule has 83 heavy (non-hydrogen) atoms. The van der Waals surface area contributed by atoms with Crippen molar-refractivity contribution in [3.05, 3.63) is 177 Å². The maximum absolute atomic E-state index is 7.25. The average Bonchev–Trinajstić information content (AvgIpc) is 3.54. The Morgan fingerprint density at radius 1 is 0.313 bits per heavy atom. The van der Waals surface area contributed by atoms with Gasteiger partial charge in [0.25, 0.3) is 0 Å². The van der Waals surface area contributed by atoms with Crippen molar-refractivity contribution in [3.8, 4) is 34.5 Å². The largest absolute Gasteiger partial charge is 0.491 e. The Kier molecular flexibility index (Phi) is 15.9. The molecule has 0 bridgehead atoms. The van der Waals surface area contributed by atoms with Gasteiger partial charge in [-0.3, -0.25) is 0 Å². The lowest BCUT2D eigenvalue weighted by Gasteiger charge is -2.36. The second-order valence-electron chi connectivity index (χ2n) is 26.7. The van der Waals surface area contributed by atoms with E-state index in [0.717, 1.165) is 76.6 Å². The number of benzene rings is 6. The summed E-state index contributed by atoms with van der Waals surface area (Å²) in [5.41, 5.74) is 9.52. The van der Waals surface area contributed by atoms with Crippen molar-refractivity contribution in [1.29, 1.82) is 0 Å². The van der Waals surface area contributed by atoms with Crippen molar-refractivity contribution >= 4 is 0 Å². The van der Waals surface area contributed by atoms with Gasteiger partial charge < -0.3 is 56.8 Å². The molecule has 6 aromatic rings. The zero-order valence-electron chi connectivity index (χ0n) is 50.3. The number of epoxide rings is 6. The van der Waals surface area contributed by atoms with Crippen LogP contribution in [-0.4, -0.2) is 116 Å². The van der Waals surface area contributed by atoms with Crippen molar-refractivity contribution < 1.29 is 56.8 Å². The van der Waals surface area contributed by atoms with E-state index in [-0.39, 0.29) is 47.5 Å². The molecule has 6 aliphatic heterocycles. The predicted molar refractivity (Wildman–Crippen MR) is 320 cm³/mol. The first-order valence-electron chi connectivity index (χ1n) is 30.0. The predicted octanol–water partition coefficient (Wildman–Crippen LogP) is 12.4. The lowest BCUT2D eigenvalue weighted by atomic mass is 9.69. The molecule has 6 aromatic carbocycles. The van der Waals surface area contributed by atoms with Crippen LogP contribution >= 0.6 is 0 Å². The summed E-state index contributed by atoms with van der Waals surface area (Å²) >= 11 is 0. The summed E-state index contributed by atoms with van der Waals surface area (Å²) in [5.74, 6) is 5.14. The molecule has 0 aliphatic carbocycles. The van der Waals surface area contributed by atoms with Crippen LogP contribution in [0.4, 0.5) is 0 Å². The van der Waals surface area contributed by atoms with Gasteiger partial charge in [-0.2, -0.15) is 0 Å². The van der Waals surface area contributed by atoms with Crippen LogP contribution in [0.25, 0.3) is 0 Å². The monoisotopic (exact) mass is 1130 g/mol. The fourth-order valence-electron chi connectivity index (χ4n) is 11.3. The van der Waals surface area contributed by atoms with Gasteiger partial charge in [-0.1, -0.05) is 142 Å². The van der Waals surface area contributed by atoms with E-state index in [1.807, 2.05) is 0 Å². The summed E-state index contributed by atoms with van der Waals surface area (Å²) in [6, 6.07) is 44.0. The van der Waals surface area contributed by atoms with Crippen LogP contribution in [0.5, 0.6) is 34.5 Å². The standard InChI is InChI=1S/C71H84O12/c1-67(2,62-29-51(18-26-65(62)82-43-60-40-79-60)70(7,8)48-13-21-54(22-14-48)73-34-57-37-76-57)32-46-28-52(71(9,10)49-15-23-55(24-16-49)74-35-58-38-77-58)30-63(66(46)83-44-61-41-80-61)68(3,4)31-45-27-50(17-25-64(45)81-42-59-39-78-59)69(5,6)47-11-19-53(20-12-47)72-33-56-36-75-56/h11-30,56-61H,31-44H2,1-10H3. The molecule has 0 N–H and O–H groups in total. The smallest absolute Gasteiger partial charge is 0.126 e. The second-order valence-corrected chi connectivity index (χ2v) is 26.7.